The Morgan fingerprint density at radius 3 is 2.32 bits per heavy atom. The molecule has 0 aromatic heterocycles. The van der Waals surface area contributed by atoms with Gasteiger partial charge in [-0.25, -0.2) is 4.79 Å². The molecule has 0 saturated heterocycles. The Morgan fingerprint density at radius 1 is 1.11 bits per heavy atom. The summed E-state index contributed by atoms with van der Waals surface area (Å²) in [5, 5.41) is 14.0. The van der Waals surface area contributed by atoms with Crippen LogP contribution >= 0.6 is 0 Å². The summed E-state index contributed by atoms with van der Waals surface area (Å²) in [6, 6.07) is -0.198. The summed E-state index contributed by atoms with van der Waals surface area (Å²) < 4.78 is 5.19. The molecule has 0 aromatic carbocycles. The van der Waals surface area contributed by atoms with E-state index < -0.39 is 5.97 Å². The average molecular weight is 274 g/mol. The molecule has 0 heterocycles. The number of methoxy groups -OCH3 is 1. The molecule has 0 saturated carbocycles. The normalized spacial score (nSPS) is 11.1. The molecular formula is C13H26N2O4. The molecule has 0 spiro atoms. The fourth-order valence-electron chi connectivity index (χ4n) is 1.38. The van der Waals surface area contributed by atoms with Gasteiger partial charge in [-0.05, 0) is 26.7 Å². The van der Waals surface area contributed by atoms with E-state index in [4.69, 9.17) is 9.84 Å². The van der Waals surface area contributed by atoms with Crippen molar-refractivity contribution < 1.29 is 19.4 Å². The number of ether oxygens (including phenoxy) is 1. The molecule has 3 N–H and O–H groups in total. The quantitative estimate of drug-likeness (QED) is 0.530. The summed E-state index contributed by atoms with van der Waals surface area (Å²) in [5.74, 6) is -0.752. The molecule has 19 heavy (non-hydrogen) atoms. The van der Waals surface area contributed by atoms with Crippen LogP contribution < -0.4 is 10.6 Å². The van der Waals surface area contributed by atoms with E-state index in [-0.39, 0.29) is 18.1 Å². The first-order chi connectivity index (χ1) is 8.87. The van der Waals surface area contributed by atoms with Gasteiger partial charge < -0.3 is 20.5 Å². The molecule has 0 rings (SSSR count). The van der Waals surface area contributed by atoms with Crippen molar-refractivity contribution in [2.24, 2.45) is 0 Å². The van der Waals surface area contributed by atoms with E-state index in [0.29, 0.717) is 19.5 Å². The molecule has 0 unspecified atom stereocenters. The van der Waals surface area contributed by atoms with E-state index in [2.05, 4.69) is 10.6 Å². The molecule has 0 aliphatic carbocycles. The van der Waals surface area contributed by atoms with Gasteiger partial charge in [0.2, 0.25) is 0 Å². The van der Waals surface area contributed by atoms with Crippen molar-refractivity contribution in [2.45, 2.75) is 51.6 Å². The number of carboxylic acids is 1. The summed E-state index contributed by atoms with van der Waals surface area (Å²) in [6.07, 6.45) is 3.59. The highest BCUT2D eigenvalue weighted by Gasteiger charge is 2.16. The fraction of sp³-hybridized carbons (Fsp3) is 0.846. The van der Waals surface area contributed by atoms with E-state index in [9.17, 15) is 9.59 Å². The van der Waals surface area contributed by atoms with Crippen LogP contribution in [0.15, 0.2) is 0 Å². The molecule has 112 valence electrons. The van der Waals surface area contributed by atoms with Gasteiger partial charge in [-0.1, -0.05) is 12.8 Å². The largest absolute Gasteiger partial charge is 0.481 e. The Balaban J connectivity index is 3.41. The van der Waals surface area contributed by atoms with E-state index in [1.165, 1.54) is 0 Å². The number of rotatable bonds is 10. The number of urea groups is 1. The standard InChI is InChI=1S/C13H26N2O4/c1-13(2,19-3)10-15-12(18)14-9-7-5-4-6-8-11(16)17/h4-10H2,1-3H3,(H,16,17)(H2,14,15,18). The van der Waals surface area contributed by atoms with Gasteiger partial charge in [-0.3, -0.25) is 4.79 Å². The van der Waals surface area contributed by atoms with E-state index >= 15 is 0 Å². The van der Waals surface area contributed by atoms with Gasteiger partial charge in [0.25, 0.3) is 0 Å². The summed E-state index contributed by atoms with van der Waals surface area (Å²) >= 11 is 0. The highest BCUT2D eigenvalue weighted by Crippen LogP contribution is 2.04. The molecule has 0 radical (unpaired) electrons. The third-order valence-corrected chi connectivity index (χ3v) is 2.83. The molecule has 6 heteroatoms. The number of amides is 2. The second-order valence-corrected chi connectivity index (χ2v) is 5.13. The van der Waals surface area contributed by atoms with E-state index in [1.807, 2.05) is 13.8 Å². The number of unbranched alkanes of at least 4 members (excludes halogenated alkanes) is 3. The lowest BCUT2D eigenvalue weighted by atomic mass is 10.1. The Bertz CT molecular complexity index is 280. The molecule has 0 aliphatic rings. The number of hydrogen-bond donors (Lipinski definition) is 3. The van der Waals surface area contributed by atoms with E-state index in [0.717, 1.165) is 19.3 Å². The Morgan fingerprint density at radius 2 is 1.74 bits per heavy atom. The van der Waals surface area contributed by atoms with Crippen LogP contribution in [0.3, 0.4) is 0 Å². The Hall–Kier alpha value is -1.30. The van der Waals surface area contributed by atoms with Crippen LogP contribution in [-0.2, 0) is 9.53 Å². The molecule has 0 aliphatic heterocycles. The van der Waals surface area contributed by atoms with Crippen molar-refractivity contribution in [3.63, 3.8) is 0 Å². The summed E-state index contributed by atoms with van der Waals surface area (Å²) in [7, 11) is 1.61. The average Bonchev–Trinajstić information content (AvgIpc) is 2.35. The summed E-state index contributed by atoms with van der Waals surface area (Å²) in [5.41, 5.74) is -0.367. The van der Waals surface area contributed by atoms with Crippen LogP contribution in [0.5, 0.6) is 0 Å². The first-order valence-electron chi connectivity index (χ1n) is 6.66. The van der Waals surface area contributed by atoms with Gasteiger partial charge in [0, 0.05) is 26.6 Å². The lowest BCUT2D eigenvalue weighted by Crippen LogP contribution is -2.44. The number of carboxylic acid groups (broad SMARTS) is 1. The van der Waals surface area contributed by atoms with Gasteiger partial charge in [0.1, 0.15) is 0 Å². The monoisotopic (exact) mass is 274 g/mol. The van der Waals surface area contributed by atoms with Gasteiger partial charge in [0.05, 0.1) is 5.60 Å². The predicted octanol–water partition coefficient (Wildman–Crippen LogP) is 1.75. The smallest absolute Gasteiger partial charge is 0.314 e. The highest BCUT2D eigenvalue weighted by molar-refractivity contribution is 5.73. The minimum Gasteiger partial charge on any atom is -0.481 e. The molecule has 0 fully saturated rings. The van der Waals surface area contributed by atoms with Crippen LogP contribution in [-0.4, -0.2) is 42.9 Å². The second-order valence-electron chi connectivity index (χ2n) is 5.13. The lowest BCUT2D eigenvalue weighted by molar-refractivity contribution is -0.137. The fourth-order valence-corrected chi connectivity index (χ4v) is 1.38. The number of aliphatic carboxylic acids is 1. The topological polar surface area (TPSA) is 87.7 Å². The van der Waals surface area contributed by atoms with Crippen molar-refractivity contribution >= 4 is 12.0 Å². The first-order valence-corrected chi connectivity index (χ1v) is 6.66. The third kappa shape index (κ3) is 11.5. The molecule has 0 bridgehead atoms. The number of carbonyl (C=O) groups is 2. The zero-order valence-electron chi connectivity index (χ0n) is 12.1. The van der Waals surface area contributed by atoms with Crippen molar-refractivity contribution in [3.8, 4) is 0 Å². The molecule has 2 amide bonds. The van der Waals surface area contributed by atoms with Gasteiger partial charge >= 0.3 is 12.0 Å². The maximum absolute atomic E-state index is 11.4. The predicted molar refractivity (Wildman–Crippen MR) is 73.2 cm³/mol. The lowest BCUT2D eigenvalue weighted by Gasteiger charge is -2.23. The maximum Gasteiger partial charge on any atom is 0.314 e. The zero-order valence-corrected chi connectivity index (χ0v) is 12.1. The van der Waals surface area contributed by atoms with Gasteiger partial charge in [-0.15, -0.1) is 0 Å². The maximum atomic E-state index is 11.4. The van der Waals surface area contributed by atoms with Gasteiger partial charge in [0.15, 0.2) is 0 Å². The highest BCUT2D eigenvalue weighted by atomic mass is 16.5. The van der Waals surface area contributed by atoms with Crippen molar-refractivity contribution in [1.82, 2.24) is 10.6 Å². The minimum atomic E-state index is -0.752. The van der Waals surface area contributed by atoms with Crippen molar-refractivity contribution in [3.05, 3.63) is 0 Å². The van der Waals surface area contributed by atoms with Crippen molar-refractivity contribution in [1.29, 1.82) is 0 Å². The minimum absolute atomic E-state index is 0.198. The third-order valence-electron chi connectivity index (χ3n) is 2.83. The SMILES string of the molecule is COC(C)(C)CNC(=O)NCCCCCCC(=O)O. The molecular weight excluding hydrogens is 248 g/mol. The number of hydrogen-bond acceptors (Lipinski definition) is 3. The summed E-state index contributed by atoms with van der Waals surface area (Å²) in [6.45, 7) is 4.85. The molecule has 0 aromatic rings. The molecule has 6 nitrogen and oxygen atoms in total. The van der Waals surface area contributed by atoms with Crippen LogP contribution in [0, 0.1) is 0 Å². The first kappa shape index (κ1) is 17.7. The van der Waals surface area contributed by atoms with Crippen LogP contribution in [0.4, 0.5) is 4.79 Å². The number of nitrogens with one attached hydrogen (secondary N) is 2. The van der Waals surface area contributed by atoms with Crippen LogP contribution in [0.2, 0.25) is 0 Å². The number of carbonyl (C=O) groups excluding carboxylic acids is 1. The van der Waals surface area contributed by atoms with E-state index in [1.54, 1.807) is 7.11 Å². The summed E-state index contributed by atoms with van der Waals surface area (Å²) in [4.78, 5) is 21.7. The van der Waals surface area contributed by atoms with Crippen LogP contribution in [0.1, 0.15) is 46.0 Å². The molecule has 0 atom stereocenters. The second kappa shape index (κ2) is 9.61. The van der Waals surface area contributed by atoms with Crippen LogP contribution in [0.25, 0.3) is 0 Å². The zero-order chi connectivity index (χ0) is 14.7. The van der Waals surface area contributed by atoms with Gasteiger partial charge in [-0.2, -0.15) is 0 Å². The Kier molecular flexibility index (Phi) is 8.95. The van der Waals surface area contributed by atoms with Crippen molar-refractivity contribution in [2.75, 3.05) is 20.2 Å². The Labute approximate surface area is 114 Å².